The van der Waals surface area contributed by atoms with E-state index in [2.05, 4.69) is 0 Å². The molecule has 0 atom stereocenters. The Balaban J connectivity index is 3.26. The van der Waals surface area contributed by atoms with E-state index in [0.717, 1.165) is 12.8 Å². The van der Waals surface area contributed by atoms with E-state index in [4.69, 9.17) is 9.84 Å². The van der Waals surface area contributed by atoms with Crippen molar-refractivity contribution >= 4 is 11.8 Å². The van der Waals surface area contributed by atoms with E-state index in [1.807, 2.05) is 6.92 Å². The monoisotopic (exact) mass is 174 g/mol. The van der Waals surface area contributed by atoms with Crippen molar-refractivity contribution in [3.8, 4) is 0 Å². The van der Waals surface area contributed by atoms with Gasteiger partial charge in [-0.25, -0.2) is 0 Å². The summed E-state index contributed by atoms with van der Waals surface area (Å²) in [6.45, 7) is 2.47. The molecule has 0 aromatic rings. The molecular weight excluding hydrogens is 160 g/mol. The first-order chi connectivity index (χ1) is 5.66. The average Bonchev–Trinajstić information content (AvgIpc) is 1.97. The predicted molar refractivity (Wildman–Crippen MR) is 43.0 cm³/mol. The number of hydrogen-bond acceptors (Lipinski definition) is 3. The minimum Gasteiger partial charge on any atom is -0.481 e. The predicted octanol–water partition coefficient (Wildman–Crippen LogP) is 0.847. The summed E-state index contributed by atoms with van der Waals surface area (Å²) >= 11 is 0. The summed E-state index contributed by atoms with van der Waals surface area (Å²) in [5, 5.41) is 8.21. The third-order valence-corrected chi connectivity index (χ3v) is 1.25. The summed E-state index contributed by atoms with van der Waals surface area (Å²) < 4.78 is 4.92. The molecule has 0 heterocycles. The Morgan fingerprint density at radius 1 is 1.42 bits per heavy atom. The summed E-state index contributed by atoms with van der Waals surface area (Å²) in [5.41, 5.74) is 0. The Bertz CT molecular complexity index is 153. The number of hydrogen-bond donors (Lipinski definition) is 1. The third kappa shape index (κ3) is 7.21. The van der Waals surface area contributed by atoms with Crippen LogP contribution in [0.2, 0.25) is 0 Å². The Morgan fingerprint density at radius 2 is 2.08 bits per heavy atom. The lowest BCUT2D eigenvalue weighted by Crippen LogP contribution is -2.13. The molecule has 0 aliphatic rings. The third-order valence-electron chi connectivity index (χ3n) is 1.25. The number of ether oxygens (including phenoxy) is 1. The highest BCUT2D eigenvalue weighted by Crippen LogP contribution is 1.90. The number of carbonyl (C=O) groups excluding carboxylic acids is 1. The minimum absolute atomic E-state index is 0.0771. The number of aliphatic carboxylic acids is 1. The maximum Gasteiger partial charge on any atom is 0.310 e. The Kier molecular flexibility index (Phi) is 6.28. The summed E-state index contributed by atoms with van der Waals surface area (Å²) in [4.78, 5) is 20.7. The molecule has 0 unspecified atom stereocenters. The van der Waals surface area contributed by atoms with Crippen LogP contribution in [0, 0.1) is 0 Å². The molecular formula is C8H14O4. The highest BCUT2D eigenvalue weighted by molar-refractivity contribution is 5.95. The topological polar surface area (TPSA) is 63.6 Å². The largest absolute Gasteiger partial charge is 0.481 e. The van der Waals surface area contributed by atoms with Gasteiger partial charge in [0.05, 0.1) is 0 Å². The number of ketones is 1. The molecule has 4 heteroatoms. The SMILES string of the molecule is CCCCOCC(=O)CC(=O)O. The fraction of sp³-hybridized carbons (Fsp3) is 0.750. The van der Waals surface area contributed by atoms with Crippen LogP contribution in [-0.2, 0) is 14.3 Å². The smallest absolute Gasteiger partial charge is 0.310 e. The van der Waals surface area contributed by atoms with Crippen molar-refractivity contribution in [2.24, 2.45) is 0 Å². The van der Waals surface area contributed by atoms with E-state index in [1.54, 1.807) is 0 Å². The zero-order valence-corrected chi connectivity index (χ0v) is 7.21. The van der Waals surface area contributed by atoms with Gasteiger partial charge in [0.2, 0.25) is 0 Å². The second kappa shape index (κ2) is 6.79. The molecule has 0 spiro atoms. The lowest BCUT2D eigenvalue weighted by molar-refractivity contribution is -0.141. The van der Waals surface area contributed by atoms with Gasteiger partial charge in [-0.3, -0.25) is 9.59 Å². The van der Waals surface area contributed by atoms with Crippen LogP contribution in [0.1, 0.15) is 26.2 Å². The molecule has 0 bridgehead atoms. The molecule has 0 amide bonds. The van der Waals surface area contributed by atoms with E-state index >= 15 is 0 Å². The molecule has 0 radical (unpaired) electrons. The molecule has 0 fully saturated rings. The van der Waals surface area contributed by atoms with Gasteiger partial charge < -0.3 is 9.84 Å². The molecule has 12 heavy (non-hydrogen) atoms. The van der Waals surface area contributed by atoms with Crippen LogP contribution in [0.15, 0.2) is 0 Å². The van der Waals surface area contributed by atoms with Crippen LogP contribution >= 0.6 is 0 Å². The Labute approximate surface area is 71.5 Å². The molecule has 4 nitrogen and oxygen atoms in total. The highest BCUT2D eigenvalue weighted by Gasteiger charge is 2.06. The second-order valence-corrected chi connectivity index (χ2v) is 2.52. The molecule has 0 aliphatic carbocycles. The summed E-state index contributed by atoms with van der Waals surface area (Å²) in [6, 6.07) is 0. The zero-order valence-electron chi connectivity index (χ0n) is 7.21. The molecule has 0 aromatic carbocycles. The number of carboxylic acid groups (broad SMARTS) is 1. The van der Waals surface area contributed by atoms with Gasteiger partial charge in [-0.1, -0.05) is 13.3 Å². The van der Waals surface area contributed by atoms with E-state index in [9.17, 15) is 9.59 Å². The van der Waals surface area contributed by atoms with E-state index < -0.39 is 12.4 Å². The first-order valence-electron chi connectivity index (χ1n) is 3.98. The van der Waals surface area contributed by atoms with Crippen molar-refractivity contribution < 1.29 is 19.4 Å². The van der Waals surface area contributed by atoms with Crippen molar-refractivity contribution in [3.05, 3.63) is 0 Å². The van der Waals surface area contributed by atoms with E-state index in [1.165, 1.54) is 0 Å². The van der Waals surface area contributed by atoms with Crippen molar-refractivity contribution in [1.29, 1.82) is 0 Å². The van der Waals surface area contributed by atoms with Crippen LogP contribution in [0.5, 0.6) is 0 Å². The highest BCUT2D eigenvalue weighted by atomic mass is 16.5. The number of unbranched alkanes of at least 4 members (excludes halogenated alkanes) is 1. The molecule has 70 valence electrons. The number of Topliss-reactive ketones (excluding diaryl/α,β-unsaturated/α-hetero) is 1. The summed E-state index contributed by atoms with van der Waals surface area (Å²) in [7, 11) is 0. The minimum atomic E-state index is -1.10. The number of rotatable bonds is 7. The maximum atomic E-state index is 10.7. The molecule has 0 rings (SSSR count). The normalized spacial score (nSPS) is 9.75. The van der Waals surface area contributed by atoms with Gasteiger partial charge in [0.25, 0.3) is 0 Å². The molecule has 1 N–H and O–H groups in total. The summed E-state index contributed by atoms with van der Waals surface area (Å²) in [6.07, 6.45) is 1.47. The lowest BCUT2D eigenvalue weighted by Gasteiger charge is -1.99. The number of carboxylic acids is 1. The van der Waals surface area contributed by atoms with Gasteiger partial charge in [-0.2, -0.15) is 0 Å². The Hall–Kier alpha value is -0.900. The molecule has 0 saturated carbocycles. The van der Waals surface area contributed by atoms with Crippen LogP contribution in [0.25, 0.3) is 0 Å². The first-order valence-corrected chi connectivity index (χ1v) is 3.98. The van der Waals surface area contributed by atoms with Gasteiger partial charge >= 0.3 is 5.97 Å². The van der Waals surface area contributed by atoms with Crippen molar-refractivity contribution in [2.75, 3.05) is 13.2 Å². The van der Waals surface area contributed by atoms with Gasteiger partial charge in [0.1, 0.15) is 13.0 Å². The van der Waals surface area contributed by atoms with Crippen LogP contribution in [0.4, 0.5) is 0 Å². The van der Waals surface area contributed by atoms with E-state index in [0.29, 0.717) is 6.61 Å². The van der Waals surface area contributed by atoms with Crippen LogP contribution in [0.3, 0.4) is 0 Å². The standard InChI is InChI=1S/C8H14O4/c1-2-3-4-12-6-7(9)5-8(10)11/h2-6H2,1H3,(H,10,11). The van der Waals surface area contributed by atoms with E-state index in [-0.39, 0.29) is 12.4 Å². The number of carbonyl (C=O) groups is 2. The van der Waals surface area contributed by atoms with Gasteiger partial charge in [0, 0.05) is 6.61 Å². The average molecular weight is 174 g/mol. The maximum absolute atomic E-state index is 10.7. The van der Waals surface area contributed by atoms with Crippen LogP contribution in [-0.4, -0.2) is 30.1 Å². The van der Waals surface area contributed by atoms with Crippen molar-refractivity contribution in [2.45, 2.75) is 26.2 Å². The molecule has 0 aliphatic heterocycles. The summed E-state index contributed by atoms with van der Waals surface area (Å²) in [5.74, 6) is -1.47. The van der Waals surface area contributed by atoms with Gasteiger partial charge in [0.15, 0.2) is 5.78 Å². The fourth-order valence-corrected chi connectivity index (χ4v) is 0.652. The van der Waals surface area contributed by atoms with Gasteiger partial charge in [-0.15, -0.1) is 0 Å². The second-order valence-electron chi connectivity index (χ2n) is 2.52. The molecule has 0 saturated heterocycles. The molecule has 0 aromatic heterocycles. The Morgan fingerprint density at radius 3 is 2.58 bits per heavy atom. The van der Waals surface area contributed by atoms with Crippen LogP contribution < -0.4 is 0 Å². The fourth-order valence-electron chi connectivity index (χ4n) is 0.652. The van der Waals surface area contributed by atoms with Crippen molar-refractivity contribution in [3.63, 3.8) is 0 Å². The lowest BCUT2D eigenvalue weighted by atomic mass is 10.3. The first kappa shape index (κ1) is 11.1. The van der Waals surface area contributed by atoms with Crippen molar-refractivity contribution in [1.82, 2.24) is 0 Å². The quantitative estimate of drug-likeness (QED) is 0.459. The van der Waals surface area contributed by atoms with Gasteiger partial charge in [-0.05, 0) is 6.42 Å². The zero-order chi connectivity index (χ0) is 9.40.